The number of amides is 1. The third kappa shape index (κ3) is 4.68. The third-order valence-electron chi connectivity index (χ3n) is 4.22. The van der Waals surface area contributed by atoms with E-state index in [-0.39, 0.29) is 11.9 Å². The van der Waals surface area contributed by atoms with Crippen LogP contribution in [0.3, 0.4) is 0 Å². The molecule has 2 rings (SSSR count). The maximum Gasteiger partial charge on any atom is 0.239 e. The van der Waals surface area contributed by atoms with Crippen molar-refractivity contribution in [2.75, 3.05) is 13.6 Å². The number of hydrogen-bond donors (Lipinski definition) is 1. The van der Waals surface area contributed by atoms with Crippen molar-refractivity contribution in [3.05, 3.63) is 42.1 Å². The van der Waals surface area contributed by atoms with E-state index in [0.29, 0.717) is 6.54 Å². The Kier molecular flexibility index (Phi) is 6.55. The van der Waals surface area contributed by atoms with E-state index in [2.05, 4.69) is 23.3 Å². The largest absolute Gasteiger partial charge is 0.344 e. The average Bonchev–Trinajstić information content (AvgIpc) is 2.95. The molecule has 0 saturated heterocycles. The first kappa shape index (κ1) is 18.2. The molecular formula is C19H28N4O. The minimum atomic E-state index is -0.375. The number of benzene rings is 1. The molecule has 0 radical (unpaired) electrons. The topological polar surface area (TPSA) is 64.2 Å². The molecule has 1 atom stereocenters. The van der Waals surface area contributed by atoms with E-state index in [1.165, 1.54) is 0 Å². The summed E-state index contributed by atoms with van der Waals surface area (Å²) in [6.07, 6.45) is 3.40. The molecule has 5 nitrogen and oxygen atoms in total. The number of aromatic nitrogens is 2. The summed E-state index contributed by atoms with van der Waals surface area (Å²) in [6, 6.07) is 12.0. The molecular weight excluding hydrogens is 300 g/mol. The van der Waals surface area contributed by atoms with Crippen molar-refractivity contribution in [2.24, 2.45) is 12.8 Å². The number of rotatable bonds is 8. The van der Waals surface area contributed by atoms with Gasteiger partial charge in [-0.3, -0.25) is 9.48 Å². The number of aryl methyl sites for hydroxylation is 2. The predicted molar refractivity (Wildman–Crippen MR) is 97.5 cm³/mol. The molecule has 2 N–H and O–H groups in total. The molecule has 2 aromatic rings. The van der Waals surface area contributed by atoms with Crippen molar-refractivity contribution in [3.63, 3.8) is 0 Å². The fourth-order valence-corrected chi connectivity index (χ4v) is 2.85. The van der Waals surface area contributed by atoms with Crippen molar-refractivity contribution in [1.29, 1.82) is 0 Å². The van der Waals surface area contributed by atoms with Crippen LogP contribution in [0.5, 0.6) is 0 Å². The van der Waals surface area contributed by atoms with Gasteiger partial charge in [-0.25, -0.2) is 0 Å². The van der Waals surface area contributed by atoms with Crippen LogP contribution >= 0.6 is 0 Å². The first-order valence-electron chi connectivity index (χ1n) is 8.61. The van der Waals surface area contributed by atoms with Crippen molar-refractivity contribution in [2.45, 2.75) is 38.6 Å². The summed E-state index contributed by atoms with van der Waals surface area (Å²) in [4.78, 5) is 13.8. The molecule has 1 aromatic carbocycles. The second-order valence-corrected chi connectivity index (χ2v) is 6.27. The molecule has 1 aromatic heterocycles. The lowest BCUT2D eigenvalue weighted by Gasteiger charge is -2.20. The fraction of sp³-hybridized carbons (Fsp3) is 0.474. The van der Waals surface area contributed by atoms with Gasteiger partial charge in [0.05, 0.1) is 17.4 Å². The molecule has 0 aliphatic rings. The van der Waals surface area contributed by atoms with E-state index in [1.54, 1.807) is 4.90 Å². The van der Waals surface area contributed by atoms with Crippen LogP contribution in [-0.2, 0) is 18.3 Å². The minimum Gasteiger partial charge on any atom is -0.344 e. The van der Waals surface area contributed by atoms with E-state index in [1.807, 2.05) is 43.9 Å². The van der Waals surface area contributed by atoms with Gasteiger partial charge in [-0.05, 0) is 30.9 Å². The Morgan fingerprint density at radius 2 is 2.04 bits per heavy atom. The van der Waals surface area contributed by atoms with Crippen molar-refractivity contribution >= 4 is 5.91 Å². The van der Waals surface area contributed by atoms with E-state index in [4.69, 9.17) is 5.73 Å². The zero-order valence-corrected chi connectivity index (χ0v) is 14.9. The Labute approximate surface area is 144 Å². The summed E-state index contributed by atoms with van der Waals surface area (Å²) in [5.41, 5.74) is 9.22. The summed E-state index contributed by atoms with van der Waals surface area (Å²) in [7, 11) is 3.79. The van der Waals surface area contributed by atoms with E-state index in [9.17, 15) is 4.79 Å². The van der Waals surface area contributed by atoms with Gasteiger partial charge in [0, 0.05) is 20.6 Å². The Hall–Kier alpha value is -2.14. The smallest absolute Gasteiger partial charge is 0.239 e. The van der Waals surface area contributed by atoms with Crippen LogP contribution in [-0.4, -0.2) is 40.2 Å². The highest BCUT2D eigenvalue weighted by atomic mass is 16.2. The van der Waals surface area contributed by atoms with Crippen LogP contribution < -0.4 is 5.73 Å². The van der Waals surface area contributed by atoms with Gasteiger partial charge in [-0.15, -0.1) is 0 Å². The molecule has 1 amide bonds. The van der Waals surface area contributed by atoms with Crippen LogP contribution in [0.2, 0.25) is 0 Å². The lowest BCUT2D eigenvalue weighted by Crippen LogP contribution is -2.42. The zero-order chi connectivity index (χ0) is 17.5. The molecule has 5 heteroatoms. The highest BCUT2D eigenvalue weighted by Gasteiger charge is 2.16. The van der Waals surface area contributed by atoms with E-state index < -0.39 is 0 Å². The Balaban J connectivity index is 1.88. The maximum atomic E-state index is 12.1. The maximum absolute atomic E-state index is 12.1. The van der Waals surface area contributed by atoms with Gasteiger partial charge in [-0.1, -0.05) is 43.7 Å². The molecule has 0 bridgehead atoms. The lowest BCUT2D eigenvalue weighted by atomic mass is 10.1. The number of nitrogens with zero attached hydrogens (tertiary/aromatic N) is 3. The number of nitrogens with two attached hydrogens (primary N) is 1. The van der Waals surface area contributed by atoms with Crippen LogP contribution in [0.25, 0.3) is 11.3 Å². The Morgan fingerprint density at radius 3 is 2.71 bits per heavy atom. The third-order valence-corrected chi connectivity index (χ3v) is 4.22. The second kappa shape index (κ2) is 8.64. The molecule has 1 unspecified atom stereocenters. The number of likely N-dealkylation sites (N-methyl/N-ethyl adjacent to an activating group) is 1. The van der Waals surface area contributed by atoms with Crippen LogP contribution in [0.4, 0.5) is 0 Å². The van der Waals surface area contributed by atoms with E-state index >= 15 is 0 Å². The van der Waals surface area contributed by atoms with E-state index in [0.717, 1.165) is 42.6 Å². The standard InChI is InChI=1S/C19H28N4O/c1-4-9-17(20)19(24)22(2)13-8-12-16-14-18(23(3)21-16)15-10-6-5-7-11-15/h5-7,10-11,14,17H,4,8-9,12-13,20H2,1-3H3. The zero-order valence-electron chi connectivity index (χ0n) is 14.9. The molecule has 24 heavy (non-hydrogen) atoms. The molecule has 0 spiro atoms. The predicted octanol–water partition coefficient (Wildman–Crippen LogP) is 2.61. The second-order valence-electron chi connectivity index (χ2n) is 6.27. The van der Waals surface area contributed by atoms with Crippen LogP contribution in [0.15, 0.2) is 36.4 Å². The monoisotopic (exact) mass is 328 g/mol. The first-order valence-corrected chi connectivity index (χ1v) is 8.61. The van der Waals surface area contributed by atoms with Crippen LogP contribution in [0, 0.1) is 0 Å². The molecule has 130 valence electrons. The van der Waals surface area contributed by atoms with Crippen molar-refractivity contribution in [1.82, 2.24) is 14.7 Å². The van der Waals surface area contributed by atoms with Crippen molar-refractivity contribution in [3.8, 4) is 11.3 Å². The number of carbonyl (C=O) groups excluding carboxylic acids is 1. The normalized spacial score (nSPS) is 12.2. The van der Waals surface area contributed by atoms with Crippen LogP contribution in [0.1, 0.15) is 31.9 Å². The molecule has 0 fully saturated rings. The molecule has 0 aliphatic carbocycles. The highest BCUT2D eigenvalue weighted by Crippen LogP contribution is 2.19. The van der Waals surface area contributed by atoms with Gasteiger partial charge in [0.2, 0.25) is 5.91 Å². The molecule has 1 heterocycles. The van der Waals surface area contributed by atoms with Gasteiger partial charge in [-0.2, -0.15) is 5.10 Å². The average molecular weight is 328 g/mol. The SMILES string of the molecule is CCCC(N)C(=O)N(C)CCCc1cc(-c2ccccc2)n(C)n1. The number of carbonyl (C=O) groups is 1. The minimum absolute atomic E-state index is 0.0304. The van der Waals surface area contributed by atoms with Gasteiger partial charge in [0.1, 0.15) is 0 Å². The van der Waals surface area contributed by atoms with Crippen molar-refractivity contribution < 1.29 is 4.79 Å². The molecule has 0 saturated carbocycles. The van der Waals surface area contributed by atoms with Gasteiger partial charge in [0.25, 0.3) is 0 Å². The summed E-state index contributed by atoms with van der Waals surface area (Å²) in [5.74, 6) is 0.0304. The Bertz CT molecular complexity index is 651. The quantitative estimate of drug-likeness (QED) is 0.810. The van der Waals surface area contributed by atoms with Gasteiger partial charge < -0.3 is 10.6 Å². The van der Waals surface area contributed by atoms with Gasteiger partial charge >= 0.3 is 0 Å². The highest BCUT2D eigenvalue weighted by molar-refractivity contribution is 5.81. The summed E-state index contributed by atoms with van der Waals surface area (Å²) < 4.78 is 1.91. The summed E-state index contributed by atoms with van der Waals surface area (Å²) in [6.45, 7) is 2.74. The molecule has 0 aliphatic heterocycles. The summed E-state index contributed by atoms with van der Waals surface area (Å²) >= 11 is 0. The number of hydrogen-bond acceptors (Lipinski definition) is 3. The first-order chi connectivity index (χ1) is 11.5. The van der Waals surface area contributed by atoms with Gasteiger partial charge in [0.15, 0.2) is 0 Å². The Morgan fingerprint density at radius 1 is 1.33 bits per heavy atom. The summed E-state index contributed by atoms with van der Waals surface area (Å²) in [5, 5.41) is 4.58. The fourth-order valence-electron chi connectivity index (χ4n) is 2.85. The lowest BCUT2D eigenvalue weighted by molar-refractivity contribution is -0.131.